The number of nitrogens with zero attached hydrogens (tertiary/aromatic N) is 2. The smallest absolute Gasteiger partial charge is 0.264 e. The number of rotatable bonds is 11. The van der Waals surface area contributed by atoms with Crippen molar-refractivity contribution in [3.05, 3.63) is 54.6 Å². The molecule has 1 aliphatic heterocycles. The van der Waals surface area contributed by atoms with Crippen molar-refractivity contribution >= 4 is 21.6 Å². The van der Waals surface area contributed by atoms with Crippen LogP contribution < -0.4 is 14.4 Å². The number of sulfonamides is 1. The summed E-state index contributed by atoms with van der Waals surface area (Å²) in [7, 11) is -3.89. The molecule has 0 saturated carbocycles. The summed E-state index contributed by atoms with van der Waals surface area (Å²) >= 11 is 0. The minimum atomic E-state index is -3.89. The monoisotopic (exact) mass is 445 g/mol. The predicted octanol–water partition coefficient (Wildman–Crippen LogP) is 2.88. The maximum atomic E-state index is 13.3. The first-order valence-electron chi connectivity index (χ1n) is 10.8. The van der Waals surface area contributed by atoms with Gasteiger partial charge in [0, 0.05) is 6.54 Å². The molecule has 8 heteroatoms. The first-order chi connectivity index (χ1) is 15.0. The molecule has 0 atom stereocenters. The summed E-state index contributed by atoms with van der Waals surface area (Å²) in [5.41, 5.74) is 0.416. The van der Waals surface area contributed by atoms with Crippen molar-refractivity contribution in [3.63, 3.8) is 0 Å². The van der Waals surface area contributed by atoms with Crippen molar-refractivity contribution in [1.29, 1.82) is 0 Å². The largest absolute Gasteiger partial charge is 0.494 e. The number of anilines is 1. The maximum absolute atomic E-state index is 13.3. The molecule has 1 heterocycles. The van der Waals surface area contributed by atoms with Gasteiger partial charge < -0.3 is 15.0 Å². The zero-order valence-corrected chi connectivity index (χ0v) is 18.8. The fourth-order valence-corrected chi connectivity index (χ4v) is 5.08. The normalized spacial score (nSPS) is 14.4. The molecule has 1 fully saturated rings. The van der Waals surface area contributed by atoms with Gasteiger partial charge in [0.25, 0.3) is 10.0 Å². The van der Waals surface area contributed by atoms with Crippen LogP contribution in [0.15, 0.2) is 59.5 Å². The Labute approximate surface area is 185 Å². The Morgan fingerprint density at radius 2 is 1.74 bits per heavy atom. The van der Waals surface area contributed by atoms with Crippen LogP contribution in [0.1, 0.15) is 26.2 Å². The Morgan fingerprint density at radius 1 is 1.06 bits per heavy atom. The highest BCUT2D eigenvalue weighted by atomic mass is 32.2. The van der Waals surface area contributed by atoms with E-state index in [2.05, 4.69) is 10.2 Å². The van der Waals surface area contributed by atoms with Crippen LogP contribution in [0.4, 0.5) is 5.69 Å². The molecule has 2 aromatic carbocycles. The Morgan fingerprint density at radius 3 is 2.39 bits per heavy atom. The minimum absolute atomic E-state index is 0.144. The topological polar surface area (TPSA) is 79.0 Å². The molecular weight excluding hydrogens is 414 g/mol. The lowest BCUT2D eigenvalue weighted by Gasteiger charge is -2.24. The molecule has 0 aromatic heterocycles. The lowest BCUT2D eigenvalue weighted by atomic mass is 10.3. The minimum Gasteiger partial charge on any atom is -0.494 e. The van der Waals surface area contributed by atoms with E-state index < -0.39 is 10.0 Å². The molecule has 0 unspecified atom stereocenters. The lowest BCUT2D eigenvalue weighted by molar-refractivity contribution is -0.119. The van der Waals surface area contributed by atoms with Gasteiger partial charge in [-0.3, -0.25) is 9.10 Å². The van der Waals surface area contributed by atoms with Crippen molar-refractivity contribution < 1.29 is 17.9 Å². The van der Waals surface area contributed by atoms with Gasteiger partial charge in [-0.15, -0.1) is 0 Å². The van der Waals surface area contributed by atoms with Crippen molar-refractivity contribution in [2.75, 3.05) is 43.6 Å². The molecule has 3 rings (SSSR count). The average molecular weight is 446 g/mol. The summed E-state index contributed by atoms with van der Waals surface area (Å²) in [5, 5.41) is 2.87. The number of likely N-dealkylation sites (tertiary alicyclic amines) is 1. The van der Waals surface area contributed by atoms with Gasteiger partial charge in [0.05, 0.1) is 17.2 Å². The first kappa shape index (κ1) is 23.1. The zero-order valence-electron chi connectivity index (χ0n) is 18.0. The van der Waals surface area contributed by atoms with E-state index in [1.807, 2.05) is 6.92 Å². The molecular formula is C23H31N3O4S. The Kier molecular flexibility index (Phi) is 8.31. The second-order valence-corrected chi connectivity index (χ2v) is 9.37. The molecule has 1 saturated heterocycles. The van der Waals surface area contributed by atoms with E-state index >= 15 is 0 Å². The molecule has 0 spiro atoms. The average Bonchev–Trinajstić information content (AvgIpc) is 3.30. The number of hydrogen-bond donors (Lipinski definition) is 1. The third-order valence-electron chi connectivity index (χ3n) is 5.23. The maximum Gasteiger partial charge on any atom is 0.264 e. The van der Waals surface area contributed by atoms with Gasteiger partial charge in [-0.1, -0.05) is 18.2 Å². The summed E-state index contributed by atoms with van der Waals surface area (Å²) < 4.78 is 33.2. The Balaban J connectivity index is 1.70. The van der Waals surface area contributed by atoms with E-state index in [1.54, 1.807) is 42.5 Å². The van der Waals surface area contributed by atoms with Crippen molar-refractivity contribution in [2.45, 2.75) is 31.1 Å². The van der Waals surface area contributed by atoms with Crippen LogP contribution in [-0.4, -0.2) is 58.6 Å². The van der Waals surface area contributed by atoms with Gasteiger partial charge >= 0.3 is 0 Å². The molecule has 0 aliphatic carbocycles. The zero-order chi connectivity index (χ0) is 22.1. The van der Waals surface area contributed by atoms with Gasteiger partial charge in [0.2, 0.25) is 5.91 Å². The number of benzene rings is 2. The highest BCUT2D eigenvalue weighted by Gasteiger charge is 2.27. The SMILES string of the molecule is CCOc1ccc(N(CC(=O)NCCCN2CCCC2)S(=O)(=O)c2ccccc2)cc1. The quantitative estimate of drug-likeness (QED) is 0.538. The van der Waals surface area contributed by atoms with Crippen LogP contribution in [-0.2, 0) is 14.8 Å². The van der Waals surface area contributed by atoms with Gasteiger partial charge in [-0.2, -0.15) is 0 Å². The summed E-state index contributed by atoms with van der Waals surface area (Å²) in [6.45, 7) is 5.83. The molecule has 7 nitrogen and oxygen atoms in total. The van der Waals surface area contributed by atoms with E-state index in [1.165, 1.54) is 25.0 Å². The van der Waals surface area contributed by atoms with Crippen LogP contribution in [0.3, 0.4) is 0 Å². The van der Waals surface area contributed by atoms with Gasteiger partial charge in [-0.05, 0) is 82.2 Å². The van der Waals surface area contributed by atoms with Gasteiger partial charge in [0.15, 0.2) is 0 Å². The number of carbonyl (C=O) groups is 1. The standard InChI is InChI=1S/C23H31N3O4S/c1-2-30-21-13-11-20(12-14-21)26(31(28,29)22-9-4-3-5-10-22)19-23(27)24-15-8-18-25-16-6-7-17-25/h3-5,9-14H,2,6-8,15-19H2,1H3,(H,24,27). The van der Waals surface area contributed by atoms with Crippen LogP contribution >= 0.6 is 0 Å². The number of carbonyl (C=O) groups excluding carboxylic acids is 1. The summed E-state index contributed by atoms with van der Waals surface area (Å²) in [5.74, 6) is 0.324. The van der Waals surface area contributed by atoms with Crippen molar-refractivity contribution in [1.82, 2.24) is 10.2 Å². The molecule has 1 amide bonds. The van der Waals surface area contributed by atoms with E-state index in [0.29, 0.717) is 24.6 Å². The summed E-state index contributed by atoms with van der Waals surface area (Å²) in [4.78, 5) is 15.1. The lowest BCUT2D eigenvalue weighted by Crippen LogP contribution is -2.41. The third-order valence-corrected chi connectivity index (χ3v) is 7.01. The molecule has 0 bridgehead atoms. The number of hydrogen-bond acceptors (Lipinski definition) is 5. The second kappa shape index (κ2) is 11.2. The molecule has 1 N–H and O–H groups in total. The predicted molar refractivity (Wildman–Crippen MR) is 122 cm³/mol. The number of ether oxygens (including phenoxy) is 1. The molecule has 1 aliphatic rings. The highest BCUT2D eigenvalue weighted by Crippen LogP contribution is 2.25. The van der Waals surface area contributed by atoms with Crippen molar-refractivity contribution in [2.24, 2.45) is 0 Å². The van der Waals surface area contributed by atoms with E-state index in [0.717, 1.165) is 30.4 Å². The molecule has 2 aromatic rings. The van der Waals surface area contributed by atoms with Crippen molar-refractivity contribution in [3.8, 4) is 5.75 Å². The fourth-order valence-electron chi connectivity index (χ4n) is 3.63. The number of amides is 1. The van der Waals surface area contributed by atoms with Gasteiger partial charge in [0.1, 0.15) is 12.3 Å². The van der Waals surface area contributed by atoms with Crippen LogP contribution in [0.5, 0.6) is 5.75 Å². The highest BCUT2D eigenvalue weighted by molar-refractivity contribution is 7.92. The van der Waals surface area contributed by atoms with E-state index in [9.17, 15) is 13.2 Å². The fraction of sp³-hybridized carbons (Fsp3) is 0.435. The summed E-state index contributed by atoms with van der Waals surface area (Å²) in [6, 6.07) is 14.9. The second-order valence-electron chi connectivity index (χ2n) is 7.50. The van der Waals surface area contributed by atoms with Gasteiger partial charge in [-0.25, -0.2) is 8.42 Å². The molecule has 0 radical (unpaired) electrons. The van der Waals surface area contributed by atoms with Crippen LogP contribution in [0.25, 0.3) is 0 Å². The number of nitrogens with one attached hydrogen (secondary N) is 1. The molecule has 168 valence electrons. The first-order valence-corrected chi connectivity index (χ1v) is 12.2. The van der Waals surface area contributed by atoms with Crippen LogP contribution in [0, 0.1) is 0 Å². The van der Waals surface area contributed by atoms with E-state index in [-0.39, 0.29) is 17.3 Å². The molecule has 31 heavy (non-hydrogen) atoms. The van der Waals surface area contributed by atoms with E-state index in [4.69, 9.17) is 4.74 Å². The van der Waals surface area contributed by atoms with Crippen LogP contribution in [0.2, 0.25) is 0 Å². The summed E-state index contributed by atoms with van der Waals surface area (Å²) in [6.07, 6.45) is 3.32. The third kappa shape index (κ3) is 6.45. The Hall–Kier alpha value is -2.58. The Bertz CT molecular complexity index is 927.